The monoisotopic (exact) mass is 256 g/mol. The molecule has 0 saturated carbocycles. The van der Waals surface area contributed by atoms with Crippen LogP contribution in [-0.2, 0) is 6.42 Å². The Bertz CT molecular complexity index is 360. The Balaban J connectivity index is 2.69. The van der Waals surface area contributed by atoms with Crippen molar-refractivity contribution in [1.82, 2.24) is 0 Å². The van der Waals surface area contributed by atoms with Crippen LogP contribution < -0.4 is 0 Å². The smallest absolute Gasteiger partial charge is 0.129 e. The lowest BCUT2D eigenvalue weighted by Crippen LogP contribution is -2.23. The highest BCUT2D eigenvalue weighted by Gasteiger charge is 2.19. The summed E-state index contributed by atoms with van der Waals surface area (Å²) < 4.78 is 26.3. The molecule has 0 aliphatic heterocycles. The Labute approximate surface area is 108 Å². The van der Waals surface area contributed by atoms with Gasteiger partial charge in [-0.1, -0.05) is 32.8 Å². The zero-order chi connectivity index (χ0) is 13.5. The summed E-state index contributed by atoms with van der Waals surface area (Å²) in [5.41, 5.74) is 0.390. The lowest BCUT2D eigenvalue weighted by atomic mass is 9.89. The van der Waals surface area contributed by atoms with E-state index in [0.717, 1.165) is 31.7 Å². The molecule has 0 amide bonds. The molecule has 1 aromatic rings. The normalized spacial score (nSPS) is 13.0. The van der Waals surface area contributed by atoms with Crippen LogP contribution in [0.3, 0.4) is 0 Å². The Hall–Kier alpha value is -0.960. The lowest BCUT2D eigenvalue weighted by Gasteiger charge is -2.22. The highest BCUT2D eigenvalue weighted by atomic mass is 19.1. The number of hydrogen-bond acceptors (Lipinski definition) is 1. The molecule has 0 heterocycles. The van der Waals surface area contributed by atoms with Crippen LogP contribution in [0.1, 0.15) is 45.1 Å². The number of aliphatic hydroxyl groups is 1. The number of benzene rings is 1. The van der Waals surface area contributed by atoms with Gasteiger partial charge in [0.25, 0.3) is 0 Å². The van der Waals surface area contributed by atoms with Gasteiger partial charge in [-0.15, -0.1) is 0 Å². The number of halogens is 2. The van der Waals surface area contributed by atoms with Crippen molar-refractivity contribution < 1.29 is 13.9 Å². The van der Waals surface area contributed by atoms with Crippen LogP contribution in [0.25, 0.3) is 0 Å². The highest BCUT2D eigenvalue weighted by Crippen LogP contribution is 2.22. The number of aliphatic hydroxyl groups excluding tert-OH is 1. The summed E-state index contributed by atoms with van der Waals surface area (Å²) in [6.45, 7) is 4.15. The van der Waals surface area contributed by atoms with Crippen LogP contribution in [0.5, 0.6) is 0 Å². The van der Waals surface area contributed by atoms with Gasteiger partial charge in [0, 0.05) is 12.5 Å². The van der Waals surface area contributed by atoms with E-state index in [2.05, 4.69) is 13.8 Å². The maximum absolute atomic E-state index is 13.5. The SMILES string of the molecule is CCCC(CCC)C(O)Cc1ccc(F)cc1F. The van der Waals surface area contributed by atoms with E-state index in [0.29, 0.717) is 5.56 Å². The van der Waals surface area contributed by atoms with Gasteiger partial charge in [-0.25, -0.2) is 8.78 Å². The Kier molecular flexibility index (Phi) is 6.27. The van der Waals surface area contributed by atoms with Crippen LogP contribution in [-0.4, -0.2) is 11.2 Å². The van der Waals surface area contributed by atoms with Crippen molar-refractivity contribution in [1.29, 1.82) is 0 Å². The molecule has 0 aromatic heterocycles. The lowest BCUT2D eigenvalue weighted by molar-refractivity contribution is 0.0955. The molecule has 1 aromatic carbocycles. The topological polar surface area (TPSA) is 20.2 Å². The Morgan fingerprint density at radius 3 is 2.22 bits per heavy atom. The number of rotatable bonds is 7. The molecule has 3 heteroatoms. The van der Waals surface area contributed by atoms with Crippen LogP contribution in [0.4, 0.5) is 8.78 Å². The maximum atomic E-state index is 13.5. The van der Waals surface area contributed by atoms with Crippen LogP contribution >= 0.6 is 0 Å². The van der Waals surface area contributed by atoms with Gasteiger partial charge in [0.15, 0.2) is 0 Å². The molecular formula is C15H22F2O. The summed E-state index contributed by atoms with van der Waals surface area (Å²) >= 11 is 0. The van der Waals surface area contributed by atoms with Crippen LogP contribution in [0.15, 0.2) is 18.2 Å². The standard InChI is InChI=1S/C15H22F2O/c1-3-5-11(6-4-2)15(18)9-12-7-8-13(16)10-14(12)17/h7-8,10-11,15,18H,3-6,9H2,1-2H3. The van der Waals surface area contributed by atoms with Crippen molar-refractivity contribution in [2.24, 2.45) is 5.92 Å². The van der Waals surface area contributed by atoms with E-state index in [4.69, 9.17) is 0 Å². The summed E-state index contributed by atoms with van der Waals surface area (Å²) in [5, 5.41) is 10.2. The van der Waals surface area contributed by atoms with Crippen molar-refractivity contribution in [3.63, 3.8) is 0 Å². The van der Waals surface area contributed by atoms with Gasteiger partial charge in [-0.3, -0.25) is 0 Å². The maximum Gasteiger partial charge on any atom is 0.129 e. The molecule has 0 saturated heterocycles. The van der Waals surface area contributed by atoms with Crippen molar-refractivity contribution in [2.75, 3.05) is 0 Å². The van der Waals surface area contributed by atoms with Gasteiger partial charge in [0.2, 0.25) is 0 Å². The first kappa shape index (κ1) is 15.1. The average Bonchev–Trinajstić information content (AvgIpc) is 2.32. The molecule has 1 rings (SSSR count). The molecule has 1 nitrogen and oxygen atoms in total. The van der Waals surface area contributed by atoms with E-state index in [-0.39, 0.29) is 12.3 Å². The fourth-order valence-electron chi connectivity index (χ4n) is 2.35. The third-order valence-electron chi connectivity index (χ3n) is 3.31. The molecule has 1 N–H and O–H groups in total. The van der Waals surface area contributed by atoms with E-state index in [1.165, 1.54) is 12.1 Å². The Morgan fingerprint density at radius 1 is 1.11 bits per heavy atom. The molecule has 0 spiro atoms. The van der Waals surface area contributed by atoms with Gasteiger partial charge in [0.05, 0.1) is 6.10 Å². The molecule has 0 radical (unpaired) electrons. The van der Waals surface area contributed by atoms with E-state index >= 15 is 0 Å². The third-order valence-corrected chi connectivity index (χ3v) is 3.31. The molecule has 102 valence electrons. The third kappa shape index (κ3) is 4.37. The van der Waals surface area contributed by atoms with Gasteiger partial charge >= 0.3 is 0 Å². The van der Waals surface area contributed by atoms with E-state index in [9.17, 15) is 13.9 Å². The largest absolute Gasteiger partial charge is 0.392 e. The van der Waals surface area contributed by atoms with Gasteiger partial charge in [0.1, 0.15) is 11.6 Å². The summed E-state index contributed by atoms with van der Waals surface area (Å²) in [6, 6.07) is 3.53. The minimum atomic E-state index is -0.579. The van der Waals surface area contributed by atoms with Gasteiger partial charge in [-0.05, 0) is 30.4 Å². The van der Waals surface area contributed by atoms with Crippen LogP contribution in [0.2, 0.25) is 0 Å². The fourth-order valence-corrected chi connectivity index (χ4v) is 2.35. The van der Waals surface area contributed by atoms with E-state index in [1.807, 2.05) is 0 Å². The van der Waals surface area contributed by atoms with E-state index < -0.39 is 17.7 Å². The quantitative estimate of drug-likeness (QED) is 0.779. The zero-order valence-electron chi connectivity index (χ0n) is 11.1. The Morgan fingerprint density at radius 2 is 1.72 bits per heavy atom. The van der Waals surface area contributed by atoms with Crippen molar-refractivity contribution >= 4 is 0 Å². The minimum absolute atomic E-state index is 0.199. The number of hydrogen-bond donors (Lipinski definition) is 1. The predicted molar refractivity (Wildman–Crippen MR) is 69.4 cm³/mol. The van der Waals surface area contributed by atoms with Crippen molar-refractivity contribution in [3.05, 3.63) is 35.4 Å². The molecular weight excluding hydrogens is 234 g/mol. The predicted octanol–water partition coefficient (Wildman–Crippen LogP) is 4.08. The first-order valence-electron chi connectivity index (χ1n) is 6.70. The van der Waals surface area contributed by atoms with E-state index in [1.54, 1.807) is 0 Å². The second kappa shape index (κ2) is 7.47. The summed E-state index contributed by atoms with van der Waals surface area (Å²) in [6.07, 6.45) is 3.61. The summed E-state index contributed by atoms with van der Waals surface area (Å²) in [5.74, 6) is -0.949. The fraction of sp³-hybridized carbons (Fsp3) is 0.600. The summed E-state index contributed by atoms with van der Waals surface area (Å²) in [7, 11) is 0. The van der Waals surface area contributed by atoms with Crippen molar-refractivity contribution in [3.8, 4) is 0 Å². The first-order valence-corrected chi connectivity index (χ1v) is 6.70. The second-order valence-corrected chi connectivity index (χ2v) is 4.84. The molecule has 0 fully saturated rings. The zero-order valence-corrected chi connectivity index (χ0v) is 11.1. The molecule has 18 heavy (non-hydrogen) atoms. The molecule has 1 atom stereocenters. The van der Waals surface area contributed by atoms with Gasteiger partial charge < -0.3 is 5.11 Å². The average molecular weight is 256 g/mol. The highest BCUT2D eigenvalue weighted by molar-refractivity contribution is 5.19. The first-order chi connectivity index (χ1) is 8.58. The minimum Gasteiger partial charge on any atom is -0.392 e. The second-order valence-electron chi connectivity index (χ2n) is 4.84. The molecule has 1 unspecified atom stereocenters. The van der Waals surface area contributed by atoms with Gasteiger partial charge in [-0.2, -0.15) is 0 Å². The molecule has 0 aliphatic rings. The van der Waals surface area contributed by atoms with Crippen molar-refractivity contribution in [2.45, 2.75) is 52.1 Å². The molecule has 0 aliphatic carbocycles. The molecule has 0 bridgehead atoms. The summed E-state index contributed by atoms with van der Waals surface area (Å²) in [4.78, 5) is 0. The van der Waals surface area contributed by atoms with Crippen LogP contribution in [0, 0.1) is 17.6 Å².